The maximum atomic E-state index is 12.8. The van der Waals surface area contributed by atoms with Gasteiger partial charge in [-0.15, -0.1) is 0 Å². The van der Waals surface area contributed by atoms with Gasteiger partial charge in [-0.2, -0.15) is 18.3 Å². The molecule has 0 atom stereocenters. The molecule has 2 aromatic heterocycles. The number of benzene rings is 1. The van der Waals surface area contributed by atoms with Gasteiger partial charge in [-0.3, -0.25) is 14.7 Å². The van der Waals surface area contributed by atoms with Crippen molar-refractivity contribution in [3.8, 4) is 29.0 Å². The Hall–Kier alpha value is -4.27. The number of alkyl halides is 3. The Balaban J connectivity index is 1.85. The van der Waals surface area contributed by atoms with E-state index in [4.69, 9.17) is 4.74 Å². The largest absolute Gasteiger partial charge is 0.490 e. The van der Waals surface area contributed by atoms with Crippen molar-refractivity contribution < 1.29 is 27.5 Å². The number of anilines is 1. The van der Waals surface area contributed by atoms with E-state index in [-0.39, 0.29) is 36.0 Å². The van der Waals surface area contributed by atoms with E-state index in [1.54, 1.807) is 6.07 Å². The lowest BCUT2D eigenvalue weighted by Crippen LogP contribution is -2.19. The summed E-state index contributed by atoms with van der Waals surface area (Å²) in [6.07, 6.45) is -1.91. The van der Waals surface area contributed by atoms with E-state index in [9.17, 15) is 22.8 Å². The maximum absolute atomic E-state index is 12.8. The summed E-state index contributed by atoms with van der Waals surface area (Å²) in [6, 6.07) is 5.92. The molecule has 0 radical (unpaired) electrons. The number of amides is 2. The second-order valence-electron chi connectivity index (χ2n) is 5.95. The third-order valence-electron chi connectivity index (χ3n) is 3.78. The summed E-state index contributed by atoms with van der Waals surface area (Å²) in [6.45, 7) is 0.311. The van der Waals surface area contributed by atoms with E-state index in [0.29, 0.717) is 18.3 Å². The van der Waals surface area contributed by atoms with Crippen LogP contribution in [0.25, 0.3) is 11.4 Å². The quantitative estimate of drug-likeness (QED) is 0.258. The lowest BCUT2D eigenvalue weighted by molar-refractivity contribution is -0.140. The van der Waals surface area contributed by atoms with Crippen LogP contribution in [-0.4, -0.2) is 45.6 Å². The molecule has 0 spiro atoms. The molecule has 160 valence electrons. The third-order valence-corrected chi connectivity index (χ3v) is 3.78. The number of nitrogens with zero attached hydrogens (tertiary/aromatic N) is 2. The van der Waals surface area contributed by atoms with E-state index < -0.39 is 17.8 Å². The summed E-state index contributed by atoms with van der Waals surface area (Å²) >= 11 is 0. The summed E-state index contributed by atoms with van der Waals surface area (Å²) < 4.78 is 44.0. The molecule has 1 aromatic carbocycles. The Labute approximate surface area is 173 Å². The average molecular weight is 432 g/mol. The maximum Gasteiger partial charge on any atom is 0.432 e. The van der Waals surface area contributed by atoms with Gasteiger partial charge in [0.05, 0.1) is 18.4 Å². The van der Waals surface area contributed by atoms with Crippen LogP contribution >= 0.6 is 0 Å². The summed E-state index contributed by atoms with van der Waals surface area (Å²) in [7, 11) is 0. The summed E-state index contributed by atoms with van der Waals surface area (Å²) in [5, 5.41) is 11.3. The highest BCUT2D eigenvalue weighted by atomic mass is 19.4. The Morgan fingerprint density at radius 1 is 1.29 bits per heavy atom. The van der Waals surface area contributed by atoms with Crippen LogP contribution in [0.15, 0.2) is 36.7 Å². The molecule has 0 bridgehead atoms. The minimum atomic E-state index is -4.57. The molecule has 3 aromatic rings. The molecule has 3 rings (SSSR count). The van der Waals surface area contributed by atoms with Crippen LogP contribution < -0.4 is 15.4 Å². The molecule has 12 heteroatoms. The molecule has 0 saturated heterocycles. The lowest BCUT2D eigenvalue weighted by Gasteiger charge is -2.12. The van der Waals surface area contributed by atoms with Gasteiger partial charge in [0.2, 0.25) is 6.41 Å². The SMILES string of the molecule is O=CNCCOc1ccc(-c2ncc(C(F)(F)F)[nH]2)cc1NC(=O)C#Cc1ccn[nH]1. The number of H-pyrrole nitrogens is 2. The summed E-state index contributed by atoms with van der Waals surface area (Å²) in [5.74, 6) is 4.45. The van der Waals surface area contributed by atoms with Gasteiger partial charge in [0.15, 0.2) is 0 Å². The van der Waals surface area contributed by atoms with Crippen molar-refractivity contribution in [3.05, 3.63) is 48.0 Å². The zero-order valence-electron chi connectivity index (χ0n) is 15.7. The predicted octanol–water partition coefficient (Wildman–Crippen LogP) is 1.93. The van der Waals surface area contributed by atoms with Crippen molar-refractivity contribution >= 4 is 18.0 Å². The molecular formula is C19H15F3N6O3. The standard InChI is InChI=1S/C19H15F3N6O3/c20-19(21,22)16-10-24-18(27-16)12-1-3-15(31-8-7-23-11-29)14(9-12)26-17(30)4-2-13-5-6-25-28-13/h1,3,5-6,9-11H,7-8H2,(H,23,29)(H,24,27)(H,25,28)(H,26,30). The first kappa shape index (κ1) is 21.4. The lowest BCUT2D eigenvalue weighted by atomic mass is 10.1. The number of nitrogens with one attached hydrogen (secondary N) is 4. The number of aromatic nitrogens is 4. The molecule has 2 amide bonds. The molecule has 0 fully saturated rings. The van der Waals surface area contributed by atoms with Gasteiger partial charge in [-0.1, -0.05) is 0 Å². The molecule has 0 aliphatic rings. The van der Waals surface area contributed by atoms with Gasteiger partial charge >= 0.3 is 12.1 Å². The average Bonchev–Trinajstić information content (AvgIpc) is 3.42. The monoisotopic (exact) mass is 432 g/mol. The number of imidazole rings is 1. The minimum Gasteiger partial charge on any atom is -0.490 e. The fraction of sp³-hybridized carbons (Fsp3) is 0.158. The van der Waals surface area contributed by atoms with Crippen LogP contribution in [0.5, 0.6) is 5.75 Å². The second kappa shape index (κ2) is 9.49. The Bertz CT molecular complexity index is 1110. The molecule has 2 heterocycles. The molecule has 31 heavy (non-hydrogen) atoms. The molecule has 0 aliphatic heterocycles. The van der Waals surface area contributed by atoms with Crippen LogP contribution in [0.4, 0.5) is 18.9 Å². The molecule has 0 unspecified atom stereocenters. The highest BCUT2D eigenvalue weighted by Gasteiger charge is 2.33. The van der Waals surface area contributed by atoms with Gasteiger partial charge in [0, 0.05) is 17.7 Å². The Morgan fingerprint density at radius 2 is 2.13 bits per heavy atom. The number of ether oxygens (including phenoxy) is 1. The van der Waals surface area contributed by atoms with Crippen LogP contribution in [0, 0.1) is 11.8 Å². The number of rotatable bonds is 7. The number of aromatic amines is 2. The second-order valence-corrected chi connectivity index (χ2v) is 5.95. The van der Waals surface area contributed by atoms with Crippen LogP contribution in [0.3, 0.4) is 0 Å². The van der Waals surface area contributed by atoms with Crippen LogP contribution in [0.1, 0.15) is 11.4 Å². The highest BCUT2D eigenvalue weighted by molar-refractivity contribution is 6.05. The number of carbonyl (C=O) groups is 2. The van der Waals surface area contributed by atoms with Gasteiger partial charge in [-0.05, 0) is 30.2 Å². The smallest absolute Gasteiger partial charge is 0.432 e. The first-order valence-electron chi connectivity index (χ1n) is 8.75. The van der Waals surface area contributed by atoms with Gasteiger partial charge in [0.25, 0.3) is 0 Å². The minimum absolute atomic E-state index is 0.0412. The topological polar surface area (TPSA) is 125 Å². The third kappa shape index (κ3) is 5.86. The molecule has 0 saturated carbocycles. The summed E-state index contributed by atoms with van der Waals surface area (Å²) in [4.78, 5) is 28.5. The molecular weight excluding hydrogens is 417 g/mol. The predicted molar refractivity (Wildman–Crippen MR) is 103 cm³/mol. The van der Waals surface area contributed by atoms with Crippen molar-refractivity contribution in [1.29, 1.82) is 0 Å². The van der Waals surface area contributed by atoms with Crippen molar-refractivity contribution in [2.24, 2.45) is 0 Å². The number of hydrogen-bond acceptors (Lipinski definition) is 5. The first-order valence-corrected chi connectivity index (χ1v) is 8.75. The van der Waals surface area contributed by atoms with Crippen molar-refractivity contribution in [1.82, 2.24) is 25.5 Å². The van der Waals surface area contributed by atoms with Crippen LogP contribution in [0.2, 0.25) is 0 Å². The van der Waals surface area contributed by atoms with Crippen LogP contribution in [-0.2, 0) is 15.8 Å². The fourth-order valence-electron chi connectivity index (χ4n) is 2.39. The molecule has 4 N–H and O–H groups in total. The van der Waals surface area contributed by atoms with Gasteiger partial charge < -0.3 is 20.4 Å². The number of carbonyl (C=O) groups excluding carboxylic acids is 2. The van der Waals surface area contributed by atoms with Gasteiger partial charge in [-0.25, -0.2) is 4.98 Å². The molecule has 9 nitrogen and oxygen atoms in total. The zero-order chi connectivity index (χ0) is 22.3. The van der Waals surface area contributed by atoms with E-state index in [0.717, 1.165) is 0 Å². The van der Waals surface area contributed by atoms with E-state index >= 15 is 0 Å². The van der Waals surface area contributed by atoms with Crippen molar-refractivity contribution in [3.63, 3.8) is 0 Å². The van der Waals surface area contributed by atoms with E-state index in [1.807, 2.05) is 0 Å². The van der Waals surface area contributed by atoms with Crippen molar-refractivity contribution in [2.75, 3.05) is 18.5 Å². The van der Waals surface area contributed by atoms with E-state index in [1.165, 1.54) is 24.4 Å². The van der Waals surface area contributed by atoms with Crippen molar-refractivity contribution in [2.45, 2.75) is 6.18 Å². The zero-order valence-corrected chi connectivity index (χ0v) is 15.7. The Kier molecular flexibility index (Phi) is 6.56. The normalized spacial score (nSPS) is 10.7. The fourth-order valence-corrected chi connectivity index (χ4v) is 2.39. The van der Waals surface area contributed by atoms with E-state index in [2.05, 4.69) is 42.6 Å². The first-order chi connectivity index (χ1) is 14.9. The van der Waals surface area contributed by atoms with Gasteiger partial charge in [0.1, 0.15) is 29.6 Å². The highest BCUT2D eigenvalue weighted by Crippen LogP contribution is 2.32. The number of halogens is 3. The molecule has 0 aliphatic carbocycles. The Morgan fingerprint density at radius 3 is 2.81 bits per heavy atom. The summed E-state index contributed by atoms with van der Waals surface area (Å²) in [5.41, 5.74) is -0.127. The number of hydrogen-bond donors (Lipinski definition) is 4.